The number of rotatable bonds is 24. The van der Waals surface area contributed by atoms with Crippen molar-refractivity contribution < 1.29 is 19.0 Å². The second-order valence-corrected chi connectivity index (χ2v) is 10.5. The molecule has 1 rings (SSSR count). The molecule has 0 fully saturated rings. The molecule has 35 heavy (non-hydrogen) atoms. The number of ether oxygens (including phenoxy) is 3. The first-order valence-corrected chi connectivity index (χ1v) is 15.2. The number of allylic oxidation sites excluding steroid dienone is 1. The van der Waals surface area contributed by atoms with Crippen molar-refractivity contribution in [3.63, 3.8) is 0 Å². The molecule has 0 amide bonds. The summed E-state index contributed by atoms with van der Waals surface area (Å²) in [6.07, 6.45) is 19.1. The molecule has 0 aliphatic heterocycles. The van der Waals surface area contributed by atoms with Gasteiger partial charge in [0.1, 0.15) is 0 Å². The third kappa shape index (κ3) is 14.6. The lowest BCUT2D eigenvalue weighted by Crippen LogP contribution is -2.12. The number of hydrogen-bond acceptors (Lipinski definition) is 4. The Hall–Kier alpha value is -1.54. The van der Waals surface area contributed by atoms with Crippen LogP contribution in [0.25, 0.3) is 0 Å². The number of hydrogen-bond donors (Lipinski definition) is 0. The maximum atomic E-state index is 12.2. The third-order valence-electron chi connectivity index (χ3n) is 6.01. The van der Waals surface area contributed by atoms with Crippen LogP contribution in [0.2, 0.25) is 0 Å². The van der Waals surface area contributed by atoms with Crippen LogP contribution in [0.4, 0.5) is 0 Å². The van der Waals surface area contributed by atoms with Crippen molar-refractivity contribution in [2.75, 3.05) is 19.8 Å². The van der Waals surface area contributed by atoms with E-state index in [1.165, 1.54) is 70.3 Å². The zero-order valence-corrected chi connectivity index (χ0v) is 23.8. The zero-order valence-electron chi connectivity index (χ0n) is 22.8. The molecule has 1 unspecified atom stereocenters. The average Bonchev–Trinajstić information content (AvgIpc) is 2.87. The van der Waals surface area contributed by atoms with Gasteiger partial charge in [0, 0.05) is 5.30 Å². The standard InChI is InChI=1S/C30H51O4P/c1-5-9-12-15-18-23-32-26-21-22-27(35-28(31)8-4)30(34-25-20-17-14-11-7-3)29(26)33-24-19-16-13-10-6-2/h8,21-22,35H,4-7,9-20,23-25H2,1-3H3. The number of carbonyl (C=O) groups is 1. The minimum Gasteiger partial charge on any atom is -0.490 e. The quantitative estimate of drug-likeness (QED) is 0.0798. The minimum absolute atomic E-state index is 0.00732. The summed E-state index contributed by atoms with van der Waals surface area (Å²) in [5.74, 6) is 2.09. The summed E-state index contributed by atoms with van der Waals surface area (Å²) in [4.78, 5) is 12.2. The van der Waals surface area contributed by atoms with Crippen molar-refractivity contribution in [3.8, 4) is 17.2 Å². The second-order valence-electron chi connectivity index (χ2n) is 9.25. The molecule has 0 saturated heterocycles. The van der Waals surface area contributed by atoms with Gasteiger partial charge in [-0.1, -0.05) is 104 Å². The summed E-state index contributed by atoms with van der Waals surface area (Å²) < 4.78 is 18.8. The lowest BCUT2D eigenvalue weighted by Gasteiger charge is -2.20. The normalized spacial score (nSPS) is 11.2. The van der Waals surface area contributed by atoms with Crippen LogP contribution in [0.1, 0.15) is 117 Å². The molecule has 4 nitrogen and oxygen atoms in total. The Morgan fingerprint density at radius 1 is 0.686 bits per heavy atom. The van der Waals surface area contributed by atoms with E-state index >= 15 is 0 Å². The Morgan fingerprint density at radius 3 is 1.63 bits per heavy atom. The predicted molar refractivity (Wildman–Crippen MR) is 152 cm³/mol. The summed E-state index contributed by atoms with van der Waals surface area (Å²) in [5, 5.41) is 0.875. The van der Waals surface area contributed by atoms with Gasteiger partial charge in [-0.3, -0.25) is 4.79 Å². The van der Waals surface area contributed by atoms with Crippen molar-refractivity contribution in [2.24, 2.45) is 0 Å². The fourth-order valence-electron chi connectivity index (χ4n) is 3.87. The highest BCUT2D eigenvalue weighted by Gasteiger charge is 2.19. The van der Waals surface area contributed by atoms with Gasteiger partial charge in [0.15, 0.2) is 17.0 Å². The Bertz CT molecular complexity index is 689. The summed E-state index contributed by atoms with van der Waals surface area (Å²) in [5.41, 5.74) is 0.00732. The van der Waals surface area contributed by atoms with Crippen LogP contribution in [0.3, 0.4) is 0 Å². The van der Waals surface area contributed by atoms with Crippen LogP contribution >= 0.6 is 8.58 Å². The summed E-state index contributed by atoms with van der Waals surface area (Å²) in [6, 6.07) is 3.91. The minimum atomic E-state index is -0.0281. The molecule has 0 aliphatic carbocycles. The molecular formula is C30H51O4P. The van der Waals surface area contributed by atoms with Gasteiger partial charge in [-0.05, 0) is 46.1 Å². The molecule has 0 spiro atoms. The zero-order chi connectivity index (χ0) is 25.6. The van der Waals surface area contributed by atoms with E-state index < -0.39 is 0 Å². The molecule has 0 radical (unpaired) electrons. The number of carbonyl (C=O) groups excluding carboxylic acids is 1. The lowest BCUT2D eigenvalue weighted by atomic mass is 10.1. The van der Waals surface area contributed by atoms with Crippen LogP contribution in [0.5, 0.6) is 17.2 Å². The van der Waals surface area contributed by atoms with Gasteiger partial charge in [-0.25, -0.2) is 0 Å². The van der Waals surface area contributed by atoms with E-state index in [2.05, 4.69) is 27.4 Å². The average molecular weight is 507 g/mol. The van der Waals surface area contributed by atoms with E-state index in [9.17, 15) is 4.79 Å². The first-order valence-electron chi connectivity index (χ1n) is 14.2. The second kappa shape index (κ2) is 21.7. The van der Waals surface area contributed by atoms with E-state index in [-0.39, 0.29) is 14.1 Å². The Morgan fingerprint density at radius 2 is 1.14 bits per heavy atom. The molecule has 0 N–H and O–H groups in total. The molecule has 0 saturated carbocycles. The summed E-state index contributed by atoms with van der Waals surface area (Å²) >= 11 is 0. The van der Waals surface area contributed by atoms with Gasteiger partial charge in [-0.15, -0.1) is 0 Å². The predicted octanol–water partition coefficient (Wildman–Crippen LogP) is 8.75. The molecule has 0 aliphatic rings. The highest BCUT2D eigenvalue weighted by molar-refractivity contribution is 7.66. The van der Waals surface area contributed by atoms with Crippen LogP contribution < -0.4 is 19.5 Å². The van der Waals surface area contributed by atoms with Crippen LogP contribution in [-0.2, 0) is 4.79 Å². The monoisotopic (exact) mass is 506 g/mol. The Labute approximate surface area is 217 Å². The van der Waals surface area contributed by atoms with Crippen LogP contribution in [0.15, 0.2) is 24.8 Å². The van der Waals surface area contributed by atoms with E-state index in [0.717, 1.165) is 43.2 Å². The SMILES string of the molecule is C=CC(=O)Pc1ccc(OCCCCCCC)c(OCCCCCCC)c1OCCCCCCC. The van der Waals surface area contributed by atoms with Gasteiger partial charge in [0.05, 0.1) is 19.8 Å². The topological polar surface area (TPSA) is 44.8 Å². The maximum Gasteiger partial charge on any atom is 0.204 e. The van der Waals surface area contributed by atoms with Crippen molar-refractivity contribution in [1.29, 1.82) is 0 Å². The fraction of sp³-hybridized carbons (Fsp3) is 0.700. The molecule has 200 valence electrons. The first kappa shape index (κ1) is 31.5. The van der Waals surface area contributed by atoms with E-state index in [1.807, 2.05) is 12.1 Å². The van der Waals surface area contributed by atoms with Gasteiger partial charge < -0.3 is 14.2 Å². The third-order valence-corrected chi connectivity index (χ3v) is 7.13. The van der Waals surface area contributed by atoms with Gasteiger partial charge in [0.25, 0.3) is 0 Å². The van der Waals surface area contributed by atoms with Gasteiger partial charge >= 0.3 is 0 Å². The molecule has 1 aromatic carbocycles. The first-order chi connectivity index (χ1) is 17.2. The largest absolute Gasteiger partial charge is 0.490 e. The van der Waals surface area contributed by atoms with E-state index in [1.54, 1.807) is 0 Å². The number of unbranched alkanes of at least 4 members (excludes halogenated alkanes) is 12. The van der Waals surface area contributed by atoms with E-state index in [4.69, 9.17) is 14.2 Å². The van der Waals surface area contributed by atoms with Crippen LogP contribution in [0, 0.1) is 0 Å². The lowest BCUT2D eigenvalue weighted by molar-refractivity contribution is -0.107. The molecule has 1 aromatic rings. The molecular weight excluding hydrogens is 455 g/mol. The fourth-order valence-corrected chi connectivity index (χ4v) is 4.70. The summed E-state index contributed by atoms with van der Waals surface area (Å²) in [7, 11) is -0.0281. The molecule has 0 heterocycles. The summed E-state index contributed by atoms with van der Waals surface area (Å²) in [6.45, 7) is 12.2. The smallest absolute Gasteiger partial charge is 0.204 e. The van der Waals surface area contributed by atoms with Crippen molar-refractivity contribution >= 4 is 19.4 Å². The molecule has 5 heteroatoms. The number of benzene rings is 1. The van der Waals surface area contributed by atoms with Crippen molar-refractivity contribution in [3.05, 3.63) is 24.8 Å². The van der Waals surface area contributed by atoms with E-state index in [0.29, 0.717) is 31.3 Å². The van der Waals surface area contributed by atoms with Crippen molar-refractivity contribution in [1.82, 2.24) is 0 Å². The highest BCUT2D eigenvalue weighted by Crippen LogP contribution is 2.39. The van der Waals surface area contributed by atoms with Crippen molar-refractivity contribution in [2.45, 2.75) is 117 Å². The highest BCUT2D eigenvalue weighted by atomic mass is 31.1. The molecule has 0 bridgehead atoms. The molecule has 1 atom stereocenters. The Balaban J connectivity index is 2.97. The van der Waals surface area contributed by atoms with Crippen LogP contribution in [-0.4, -0.2) is 25.3 Å². The van der Waals surface area contributed by atoms with Gasteiger partial charge in [0.2, 0.25) is 5.75 Å². The van der Waals surface area contributed by atoms with Gasteiger partial charge in [-0.2, -0.15) is 0 Å². The molecule has 0 aromatic heterocycles. The Kier molecular flexibility index (Phi) is 19.5. The maximum absolute atomic E-state index is 12.2.